The summed E-state index contributed by atoms with van der Waals surface area (Å²) in [6.45, 7) is 4.63. The fraction of sp³-hybridized carbons (Fsp3) is 0.934. The van der Waals surface area contributed by atoms with E-state index < -0.39 is 70.4 Å². The van der Waals surface area contributed by atoms with Crippen LogP contribution in [0.25, 0.3) is 0 Å². The van der Waals surface area contributed by atoms with Gasteiger partial charge in [-0.05, 0) is 126 Å². The maximum absolute atomic E-state index is 14.7. The Morgan fingerprint density at radius 2 is 0.515 bits per heavy atom. The number of rotatable bonds is 57. The first-order chi connectivity index (χ1) is 46.3. The third kappa shape index (κ3) is 28.5. The number of carbonyl (C=O) groups excluding carboxylic acids is 2. The Balaban J connectivity index is 0. The van der Waals surface area contributed by atoms with E-state index in [2.05, 4.69) is 14.0 Å². The first-order valence-electron chi connectivity index (χ1n) is 33.8. The Morgan fingerprint density at radius 1 is 0.313 bits per heavy atom. The van der Waals surface area contributed by atoms with Gasteiger partial charge in [-0.25, -0.2) is 0 Å². The van der Waals surface area contributed by atoms with Gasteiger partial charge in [-0.2, -0.15) is 0 Å². The predicted molar refractivity (Wildman–Crippen MR) is 384 cm³/mol. The van der Waals surface area contributed by atoms with E-state index in [9.17, 15) is 9.59 Å². The standard InChI is InChI=1S/C31H68NO13Si4.C30H66NO13Si4.2Rf/c1-14-32(31(33)28(17-15-21-46(34-2,35-3)36-4)18-16-22-47(37-5,38-6)39-7)30-26-27(19-23-48(40-8,41-9)42-10)25-29(30)20-24-49(43-11,44-12)45-13;1-31(30(32)27(16-14-20-45(33-2,34-3)35-4)17-15-21-46(36-5,37-6)38-7)29-25-26(18-22-47(39-8,40-9)41-10)24-28(29)19-23-48(42-11,43-12)44-13;;/h27-30H,1,14-26H2,2-13H3;26-29H,1,14-25H2,2-13H3;;/q2*-1;;. The molecule has 99 heavy (non-hydrogen) atoms. The minimum absolute atomic E-state index is 0. The zero-order valence-electron chi connectivity index (χ0n) is 65.6. The summed E-state index contributed by atoms with van der Waals surface area (Å²) in [5, 5.41) is 0. The third-order valence-electron chi connectivity index (χ3n) is 20.8. The van der Waals surface area contributed by atoms with E-state index in [1.54, 1.807) is 176 Å². The number of carbonyl (C=O) groups is 2. The molecule has 28 nitrogen and oxygen atoms in total. The summed E-state index contributed by atoms with van der Waals surface area (Å²) in [5.74, 6) is 0.660. The predicted octanol–water partition coefficient (Wildman–Crippen LogP) is 8.98. The van der Waals surface area contributed by atoms with E-state index in [0.29, 0.717) is 118 Å². The van der Waals surface area contributed by atoms with Crippen molar-refractivity contribution in [2.45, 2.75) is 163 Å². The molecule has 0 radical (unpaired) electrons. The molecule has 0 saturated heterocycles. The molecule has 2 fully saturated rings. The minimum atomic E-state index is -2.83. The SMILES string of the molecule is [CH2-]CN(C(=O)C(CCC[Si](OC)(OC)OC)CCC[Si](OC)(OC)OC)C1CC(CC[Si](OC)(OC)OC)CC1CC[Si](OC)(OC)OC.[CH2-]N(C(=O)C(CCC[Si](OC)(OC)OC)CCC[Si](OC)(OC)OC)C1CC(CC[Si](OC)(OC)OC)CC1CC[Si](OC)(OC)OC.[Rf].[Rf]. The maximum Gasteiger partial charge on any atom is 0.500 e. The Kier molecular flexibility index (Phi) is 50.1. The van der Waals surface area contributed by atoms with Crippen molar-refractivity contribution >= 4 is 82.2 Å². The fourth-order valence-corrected chi connectivity index (χ4v) is 28.8. The van der Waals surface area contributed by atoms with Gasteiger partial charge >= 0.3 is 70.4 Å². The maximum atomic E-state index is 14.7. The molecule has 38 heteroatoms. The van der Waals surface area contributed by atoms with Crippen molar-refractivity contribution in [1.29, 1.82) is 0 Å². The molecular formula is C61H134N2O26Rf2Si8-2. The Hall–Kier alpha value is -2.28. The van der Waals surface area contributed by atoms with Crippen LogP contribution in [0.3, 0.4) is 0 Å². The smallest absolute Gasteiger partial charge is 0.493 e. The molecule has 2 aliphatic rings. The van der Waals surface area contributed by atoms with Gasteiger partial charge in [0, 0.05) is 243 Å². The topological polar surface area (TPSA) is 262 Å². The average Bonchev–Trinajstić information content (AvgIpc) is 1.69. The molecule has 0 aromatic carbocycles. The average molecular weight is 2070 g/mol. The molecule has 582 valence electrons. The second-order valence-corrected chi connectivity index (χ2v) is 49.4. The zero-order valence-corrected chi connectivity index (χ0v) is 86.4. The van der Waals surface area contributed by atoms with Crippen LogP contribution in [-0.2, 0) is 116 Å². The molecule has 2 rings (SSSR count). The molecule has 0 aromatic heterocycles. The van der Waals surface area contributed by atoms with Crippen LogP contribution >= 0.6 is 0 Å². The molecule has 0 aromatic rings. The number of hydrogen-bond donors (Lipinski definition) is 0. The van der Waals surface area contributed by atoms with E-state index in [1.165, 1.54) is 0 Å². The third-order valence-corrected chi connectivity index (χ3v) is 43.2. The van der Waals surface area contributed by atoms with Gasteiger partial charge in [0.15, 0.2) is 5.91 Å². The number of hydrogen-bond acceptors (Lipinski definition) is 26. The summed E-state index contributed by atoms with van der Waals surface area (Å²) in [5.41, 5.74) is 0. The van der Waals surface area contributed by atoms with Crippen LogP contribution < -0.4 is 0 Å². The Morgan fingerprint density at radius 3 is 0.747 bits per heavy atom. The van der Waals surface area contributed by atoms with Crippen molar-refractivity contribution in [3.05, 3.63) is 14.0 Å². The first-order valence-corrected chi connectivity index (χ1v) is 49.3. The Bertz CT molecular complexity index is 1950. The van der Waals surface area contributed by atoms with Gasteiger partial charge in [-0.15, -0.1) is 6.54 Å². The van der Waals surface area contributed by atoms with Crippen molar-refractivity contribution < 1.29 is 116 Å². The summed E-state index contributed by atoms with van der Waals surface area (Å²) in [7, 11) is 21.0. The molecule has 2 saturated carbocycles. The van der Waals surface area contributed by atoms with Gasteiger partial charge in [0.05, 0.1) is 0 Å². The normalized spacial score (nSPS) is 18.9. The summed E-state index contributed by atoms with van der Waals surface area (Å²) < 4.78 is 137. The number of nitrogens with zero attached hydrogens (tertiary/aromatic N) is 2. The summed E-state index contributed by atoms with van der Waals surface area (Å²) in [6, 6.07) is 5.00. The van der Waals surface area contributed by atoms with Crippen molar-refractivity contribution in [3.8, 4) is 0 Å². The fourth-order valence-electron chi connectivity index (χ4n) is 14.3. The largest absolute Gasteiger partial charge is 0.500 e. The molecule has 0 bridgehead atoms. The molecule has 0 heterocycles. The van der Waals surface area contributed by atoms with Crippen molar-refractivity contribution in [3.63, 3.8) is 0 Å². The van der Waals surface area contributed by atoms with E-state index in [-0.39, 0.29) is 47.6 Å². The van der Waals surface area contributed by atoms with Crippen molar-refractivity contribution in [2.75, 3.05) is 177 Å². The van der Waals surface area contributed by atoms with E-state index in [4.69, 9.17) is 106 Å². The zero-order chi connectivity index (χ0) is 73.6. The summed E-state index contributed by atoms with van der Waals surface area (Å²) in [4.78, 5) is 32.9. The van der Waals surface area contributed by atoms with Crippen LogP contribution in [-0.4, -0.2) is 281 Å². The monoisotopic (exact) mass is 2070 g/mol. The molecular weight excluding hydrogens is 1940 g/mol. The summed E-state index contributed by atoms with van der Waals surface area (Å²) >= 11 is 0. The van der Waals surface area contributed by atoms with Crippen LogP contribution in [0.1, 0.15) is 103 Å². The van der Waals surface area contributed by atoms with Gasteiger partial charge < -0.3 is 123 Å². The van der Waals surface area contributed by atoms with Gasteiger partial charge in [-0.3, -0.25) is 16.6 Å². The van der Waals surface area contributed by atoms with Crippen molar-refractivity contribution in [2.24, 2.45) is 35.5 Å². The first kappa shape index (κ1) is 98.8. The van der Waals surface area contributed by atoms with Crippen LogP contribution in [0.2, 0.25) is 48.4 Å². The summed E-state index contributed by atoms with van der Waals surface area (Å²) in [6.07, 6.45) is 12.2. The second kappa shape index (κ2) is 50.3. The quantitative estimate of drug-likeness (QED) is 0.0406. The molecule has 6 atom stereocenters. The molecule has 6 unspecified atom stereocenters. The minimum Gasteiger partial charge on any atom is -0.493 e. The molecule has 2 amide bonds. The van der Waals surface area contributed by atoms with E-state index in [0.717, 1.165) is 51.4 Å². The molecule has 0 spiro atoms. The van der Waals surface area contributed by atoms with Crippen LogP contribution in [0, 0.1) is 49.5 Å². The van der Waals surface area contributed by atoms with Gasteiger partial charge in [0.1, 0.15) is 0 Å². The molecule has 2 aliphatic carbocycles. The van der Waals surface area contributed by atoms with Crippen LogP contribution in [0.15, 0.2) is 0 Å². The number of amides is 2. The van der Waals surface area contributed by atoms with Crippen LogP contribution in [0.5, 0.6) is 0 Å². The molecule has 0 N–H and O–H groups in total. The van der Waals surface area contributed by atoms with Gasteiger partial charge in [-0.1, -0.05) is 0 Å². The van der Waals surface area contributed by atoms with Crippen LogP contribution in [0.4, 0.5) is 0 Å². The van der Waals surface area contributed by atoms with E-state index in [1.807, 2.05) is 4.90 Å². The van der Waals surface area contributed by atoms with Crippen molar-refractivity contribution in [1.82, 2.24) is 9.80 Å². The second-order valence-electron chi connectivity index (χ2n) is 24.6. The van der Waals surface area contributed by atoms with Gasteiger partial charge in [0.2, 0.25) is 5.91 Å². The van der Waals surface area contributed by atoms with E-state index >= 15 is 0 Å². The van der Waals surface area contributed by atoms with Gasteiger partial charge in [0.25, 0.3) is 0 Å². The molecule has 0 aliphatic heterocycles. The Labute approximate surface area is 594 Å².